The molecule has 1 aliphatic carbocycles. The second-order valence-electron chi connectivity index (χ2n) is 5.75. The summed E-state index contributed by atoms with van der Waals surface area (Å²) in [5.74, 6) is 0. The highest BCUT2D eigenvalue weighted by atomic mass is 32.2. The summed E-state index contributed by atoms with van der Waals surface area (Å²) in [5, 5.41) is 9.04. The Labute approximate surface area is 131 Å². The summed E-state index contributed by atoms with van der Waals surface area (Å²) < 4.78 is 1.95. The van der Waals surface area contributed by atoms with E-state index in [9.17, 15) is 0 Å². The molecular formula is C17H23N3S. The molecule has 3 atom stereocenters. The van der Waals surface area contributed by atoms with Gasteiger partial charge in [0.25, 0.3) is 0 Å². The van der Waals surface area contributed by atoms with Crippen molar-refractivity contribution in [2.24, 2.45) is 0 Å². The van der Waals surface area contributed by atoms with Crippen LogP contribution in [0.15, 0.2) is 42.7 Å². The fourth-order valence-corrected chi connectivity index (χ4v) is 4.04. The molecule has 1 N–H and O–H groups in total. The minimum absolute atomic E-state index is 0.347. The molecular weight excluding hydrogens is 278 g/mol. The molecule has 4 heteroatoms. The Bertz CT molecular complexity index is 566. The molecule has 1 heterocycles. The van der Waals surface area contributed by atoms with E-state index in [1.807, 2.05) is 40.8 Å². The topological polar surface area (TPSA) is 29.9 Å². The number of thioether (sulfide) groups is 1. The van der Waals surface area contributed by atoms with E-state index in [-0.39, 0.29) is 0 Å². The molecule has 1 aromatic carbocycles. The summed E-state index contributed by atoms with van der Waals surface area (Å²) in [6.45, 7) is 2.24. The Morgan fingerprint density at radius 3 is 2.86 bits per heavy atom. The first-order valence-corrected chi connectivity index (χ1v) is 8.95. The maximum Gasteiger partial charge on any atom is 0.0645 e. The monoisotopic (exact) mass is 301 g/mol. The molecule has 0 bridgehead atoms. The number of aromatic nitrogens is 2. The van der Waals surface area contributed by atoms with Crippen LogP contribution in [0.1, 0.15) is 37.8 Å². The number of nitrogens with zero attached hydrogens (tertiary/aromatic N) is 2. The van der Waals surface area contributed by atoms with Gasteiger partial charge in [-0.25, -0.2) is 4.68 Å². The summed E-state index contributed by atoms with van der Waals surface area (Å²) >= 11 is 2.00. The number of hydrogen-bond donors (Lipinski definition) is 1. The molecule has 0 saturated heterocycles. The Hall–Kier alpha value is -1.26. The lowest BCUT2D eigenvalue weighted by Gasteiger charge is -2.23. The van der Waals surface area contributed by atoms with Crippen molar-refractivity contribution in [3.63, 3.8) is 0 Å². The van der Waals surface area contributed by atoms with Crippen LogP contribution in [0.25, 0.3) is 5.69 Å². The second kappa shape index (κ2) is 6.67. The summed E-state index contributed by atoms with van der Waals surface area (Å²) in [4.78, 5) is 0. The van der Waals surface area contributed by atoms with Gasteiger partial charge in [-0.3, -0.25) is 0 Å². The molecule has 0 radical (unpaired) electrons. The Balaban J connectivity index is 1.68. The van der Waals surface area contributed by atoms with Gasteiger partial charge in [-0.2, -0.15) is 16.9 Å². The molecule has 1 aromatic heterocycles. The van der Waals surface area contributed by atoms with Crippen LogP contribution in [0.5, 0.6) is 0 Å². The summed E-state index contributed by atoms with van der Waals surface area (Å²) in [6.07, 6.45) is 10.3. The third-order valence-electron chi connectivity index (χ3n) is 4.34. The zero-order valence-corrected chi connectivity index (χ0v) is 13.5. The minimum Gasteiger partial charge on any atom is -0.306 e. The standard InChI is InChI=1S/C17H23N3S/c1-13(19-16-9-6-10-17(16)21-2)14-11-18-20(12-14)15-7-4-3-5-8-15/h3-5,7-8,11-13,16-17,19H,6,9-10H2,1-2H3. The van der Waals surface area contributed by atoms with Gasteiger partial charge in [-0.15, -0.1) is 0 Å². The molecule has 21 heavy (non-hydrogen) atoms. The van der Waals surface area contributed by atoms with E-state index >= 15 is 0 Å². The molecule has 3 unspecified atom stereocenters. The van der Waals surface area contributed by atoms with Crippen LogP contribution in [0.2, 0.25) is 0 Å². The average Bonchev–Trinajstić information content (AvgIpc) is 3.17. The molecule has 1 saturated carbocycles. The van der Waals surface area contributed by atoms with E-state index in [1.165, 1.54) is 24.8 Å². The van der Waals surface area contributed by atoms with Crippen LogP contribution in [0, 0.1) is 0 Å². The van der Waals surface area contributed by atoms with Gasteiger partial charge < -0.3 is 5.32 Å². The highest BCUT2D eigenvalue weighted by molar-refractivity contribution is 7.99. The van der Waals surface area contributed by atoms with Crippen LogP contribution in [-0.4, -0.2) is 27.3 Å². The van der Waals surface area contributed by atoms with Gasteiger partial charge >= 0.3 is 0 Å². The summed E-state index contributed by atoms with van der Waals surface area (Å²) in [6, 6.07) is 11.3. The number of nitrogens with one attached hydrogen (secondary N) is 1. The number of benzene rings is 1. The summed E-state index contributed by atoms with van der Waals surface area (Å²) in [7, 11) is 0. The Morgan fingerprint density at radius 2 is 2.10 bits per heavy atom. The first kappa shape index (κ1) is 14.7. The van der Waals surface area contributed by atoms with Gasteiger partial charge in [0.1, 0.15) is 0 Å². The van der Waals surface area contributed by atoms with Crippen molar-refractivity contribution in [2.45, 2.75) is 43.5 Å². The maximum absolute atomic E-state index is 4.49. The smallest absolute Gasteiger partial charge is 0.0645 e. The van der Waals surface area contributed by atoms with Crippen molar-refractivity contribution in [3.8, 4) is 5.69 Å². The first-order chi connectivity index (χ1) is 10.3. The SMILES string of the molecule is CSC1CCCC1NC(C)c1cnn(-c2ccccc2)c1. The van der Waals surface area contributed by atoms with Crippen LogP contribution < -0.4 is 5.32 Å². The van der Waals surface area contributed by atoms with Gasteiger partial charge in [-0.1, -0.05) is 24.6 Å². The first-order valence-electron chi connectivity index (χ1n) is 7.67. The van der Waals surface area contributed by atoms with Crippen LogP contribution in [0.3, 0.4) is 0 Å². The third-order valence-corrected chi connectivity index (χ3v) is 5.51. The molecule has 1 aliphatic rings. The minimum atomic E-state index is 0.347. The Kier molecular flexibility index (Phi) is 4.66. The van der Waals surface area contributed by atoms with Gasteiger partial charge in [-0.05, 0) is 38.2 Å². The highest BCUT2D eigenvalue weighted by Crippen LogP contribution is 2.30. The zero-order chi connectivity index (χ0) is 14.7. The van der Waals surface area contributed by atoms with Gasteiger partial charge in [0.2, 0.25) is 0 Å². The van der Waals surface area contributed by atoms with Gasteiger partial charge in [0.05, 0.1) is 11.9 Å². The average molecular weight is 301 g/mol. The van der Waals surface area contributed by atoms with Crippen molar-refractivity contribution < 1.29 is 0 Å². The predicted molar refractivity (Wildman–Crippen MR) is 90.1 cm³/mol. The maximum atomic E-state index is 4.49. The summed E-state index contributed by atoms with van der Waals surface area (Å²) in [5.41, 5.74) is 2.37. The van der Waals surface area contributed by atoms with E-state index in [0.717, 1.165) is 10.9 Å². The van der Waals surface area contributed by atoms with Gasteiger partial charge in [0, 0.05) is 29.1 Å². The largest absolute Gasteiger partial charge is 0.306 e. The van der Waals surface area contributed by atoms with Gasteiger partial charge in [0.15, 0.2) is 0 Å². The fraction of sp³-hybridized carbons (Fsp3) is 0.471. The van der Waals surface area contributed by atoms with Crippen molar-refractivity contribution >= 4 is 11.8 Å². The van der Waals surface area contributed by atoms with E-state index in [2.05, 4.69) is 41.9 Å². The molecule has 0 aliphatic heterocycles. The van der Waals surface area contributed by atoms with E-state index < -0.39 is 0 Å². The number of hydrogen-bond acceptors (Lipinski definition) is 3. The normalized spacial score (nSPS) is 23.3. The fourth-order valence-electron chi connectivity index (χ4n) is 3.10. The molecule has 3 rings (SSSR count). The third kappa shape index (κ3) is 3.33. The van der Waals surface area contributed by atoms with Crippen LogP contribution in [0.4, 0.5) is 0 Å². The van der Waals surface area contributed by atoms with Crippen molar-refractivity contribution in [1.29, 1.82) is 0 Å². The van der Waals surface area contributed by atoms with Crippen molar-refractivity contribution in [3.05, 3.63) is 48.3 Å². The molecule has 2 aromatic rings. The Morgan fingerprint density at radius 1 is 1.29 bits per heavy atom. The predicted octanol–water partition coefficient (Wildman–Crippen LogP) is 3.81. The molecule has 3 nitrogen and oxygen atoms in total. The van der Waals surface area contributed by atoms with Crippen LogP contribution >= 0.6 is 11.8 Å². The van der Waals surface area contributed by atoms with Crippen LogP contribution in [-0.2, 0) is 0 Å². The lowest BCUT2D eigenvalue weighted by molar-refractivity contribution is 0.467. The van der Waals surface area contributed by atoms with Crippen molar-refractivity contribution in [1.82, 2.24) is 15.1 Å². The van der Waals surface area contributed by atoms with E-state index in [4.69, 9.17) is 0 Å². The second-order valence-corrected chi connectivity index (χ2v) is 6.83. The number of para-hydroxylation sites is 1. The molecule has 1 fully saturated rings. The quantitative estimate of drug-likeness (QED) is 0.911. The lowest BCUT2D eigenvalue weighted by atomic mass is 10.1. The van der Waals surface area contributed by atoms with E-state index in [1.54, 1.807) is 0 Å². The van der Waals surface area contributed by atoms with Crippen molar-refractivity contribution in [2.75, 3.05) is 6.26 Å². The lowest BCUT2D eigenvalue weighted by Crippen LogP contribution is -2.35. The molecule has 0 spiro atoms. The molecule has 0 amide bonds. The highest BCUT2D eigenvalue weighted by Gasteiger charge is 2.27. The van der Waals surface area contributed by atoms with E-state index in [0.29, 0.717) is 12.1 Å². The molecule has 112 valence electrons. The zero-order valence-electron chi connectivity index (χ0n) is 12.7. The number of rotatable bonds is 5.